The molecule has 2 heterocycles. The van der Waals surface area contributed by atoms with Crippen molar-refractivity contribution in [2.24, 2.45) is 4.99 Å². The number of hydrogen-bond acceptors (Lipinski definition) is 5. The Labute approximate surface area is 163 Å². The van der Waals surface area contributed by atoms with Gasteiger partial charge in [-0.15, -0.1) is 0 Å². The second-order valence-corrected chi connectivity index (χ2v) is 7.11. The predicted molar refractivity (Wildman–Crippen MR) is 105 cm³/mol. The second kappa shape index (κ2) is 7.34. The molecular formula is C18H15ClN6OS. The van der Waals surface area contributed by atoms with Crippen molar-refractivity contribution in [3.8, 4) is 5.69 Å². The minimum atomic E-state index is -0.197. The van der Waals surface area contributed by atoms with Gasteiger partial charge in [0.05, 0.1) is 17.9 Å². The molecule has 2 aromatic heterocycles. The van der Waals surface area contributed by atoms with E-state index in [2.05, 4.69) is 19.4 Å². The maximum atomic E-state index is 12.2. The summed E-state index contributed by atoms with van der Waals surface area (Å²) in [4.78, 5) is 21.3. The van der Waals surface area contributed by atoms with E-state index in [1.165, 1.54) is 17.9 Å². The van der Waals surface area contributed by atoms with Crippen molar-refractivity contribution in [3.63, 3.8) is 0 Å². The van der Waals surface area contributed by atoms with Crippen LogP contribution in [0.5, 0.6) is 0 Å². The molecule has 0 atom stereocenters. The van der Waals surface area contributed by atoms with Crippen molar-refractivity contribution in [2.75, 3.05) is 0 Å². The smallest absolute Gasteiger partial charge is 0.263 e. The summed E-state index contributed by atoms with van der Waals surface area (Å²) in [6.07, 6.45) is 3.12. The Balaban J connectivity index is 1.65. The first-order valence-corrected chi connectivity index (χ1v) is 9.33. The molecule has 0 aliphatic rings. The largest absolute Gasteiger partial charge is 0.337 e. The molecule has 0 aliphatic heterocycles. The molecule has 0 radical (unpaired) electrons. The van der Waals surface area contributed by atoms with Gasteiger partial charge in [0.15, 0.2) is 0 Å². The number of H-pyrrole nitrogens is 1. The zero-order valence-electron chi connectivity index (χ0n) is 14.3. The molecule has 0 amide bonds. The third kappa shape index (κ3) is 3.76. The van der Waals surface area contributed by atoms with Crippen LogP contribution in [-0.2, 0) is 6.54 Å². The standard InChI is InChI=1S/C18H15ClN6OS/c1-12-2-5-14(8-16(12)19)22-18-24(17(26)23-27-18)9-13-3-6-15(7-4-13)25-11-20-10-21-25/h2-8,10-11H,9H2,1H3,(H,23,26). The van der Waals surface area contributed by atoms with Crippen molar-refractivity contribution in [1.82, 2.24) is 23.7 Å². The Kier molecular flexibility index (Phi) is 4.74. The Morgan fingerprint density at radius 3 is 2.74 bits per heavy atom. The molecule has 0 spiro atoms. The van der Waals surface area contributed by atoms with Crippen LogP contribution in [0, 0.1) is 6.92 Å². The number of halogens is 1. The van der Waals surface area contributed by atoms with E-state index in [4.69, 9.17) is 11.6 Å². The Bertz CT molecular complexity index is 1190. The number of benzene rings is 2. The average Bonchev–Trinajstić information content (AvgIpc) is 3.31. The monoisotopic (exact) mass is 398 g/mol. The zero-order valence-corrected chi connectivity index (χ0v) is 15.9. The molecule has 7 nitrogen and oxygen atoms in total. The molecule has 2 aromatic carbocycles. The minimum absolute atomic E-state index is 0.197. The zero-order chi connectivity index (χ0) is 18.8. The molecule has 0 fully saturated rings. The van der Waals surface area contributed by atoms with Crippen LogP contribution in [0.3, 0.4) is 0 Å². The van der Waals surface area contributed by atoms with E-state index in [9.17, 15) is 4.79 Å². The summed E-state index contributed by atoms with van der Waals surface area (Å²) in [5.41, 5.74) is 3.37. The Morgan fingerprint density at radius 2 is 2.04 bits per heavy atom. The third-order valence-corrected chi connectivity index (χ3v) is 5.22. The molecule has 4 aromatic rings. The molecule has 27 heavy (non-hydrogen) atoms. The lowest BCUT2D eigenvalue weighted by atomic mass is 10.2. The highest BCUT2D eigenvalue weighted by atomic mass is 35.5. The summed E-state index contributed by atoms with van der Waals surface area (Å²) in [5, 5.41) is 4.75. The van der Waals surface area contributed by atoms with Crippen LogP contribution < -0.4 is 10.5 Å². The molecule has 9 heteroatoms. The highest BCUT2D eigenvalue weighted by Gasteiger charge is 2.06. The van der Waals surface area contributed by atoms with Gasteiger partial charge in [-0.25, -0.2) is 19.5 Å². The summed E-state index contributed by atoms with van der Waals surface area (Å²) in [6, 6.07) is 13.3. The van der Waals surface area contributed by atoms with Crippen LogP contribution in [0.25, 0.3) is 5.69 Å². The number of nitrogens with one attached hydrogen (secondary N) is 1. The molecule has 136 valence electrons. The second-order valence-electron chi connectivity index (χ2n) is 5.93. The first-order valence-electron chi connectivity index (χ1n) is 8.13. The van der Waals surface area contributed by atoms with Crippen LogP contribution in [0.15, 0.2) is 64.9 Å². The maximum absolute atomic E-state index is 12.2. The molecule has 0 unspecified atom stereocenters. The number of aromatic nitrogens is 5. The lowest BCUT2D eigenvalue weighted by Gasteiger charge is -2.04. The van der Waals surface area contributed by atoms with Crippen molar-refractivity contribution < 1.29 is 0 Å². The van der Waals surface area contributed by atoms with Gasteiger partial charge in [-0.1, -0.05) is 29.8 Å². The van der Waals surface area contributed by atoms with E-state index in [1.807, 2.05) is 43.3 Å². The van der Waals surface area contributed by atoms with Crippen LogP contribution in [0.1, 0.15) is 11.1 Å². The maximum Gasteiger partial charge on any atom is 0.337 e. The SMILES string of the molecule is Cc1ccc(N=c2s[nH]c(=O)n2Cc2ccc(-n3cncn3)cc2)cc1Cl. The average molecular weight is 399 g/mol. The molecule has 4 rings (SSSR count). The molecule has 0 saturated heterocycles. The molecule has 0 bridgehead atoms. The number of aromatic amines is 1. The summed E-state index contributed by atoms with van der Waals surface area (Å²) in [6.45, 7) is 2.35. The van der Waals surface area contributed by atoms with Gasteiger partial charge in [-0.2, -0.15) is 5.10 Å². The van der Waals surface area contributed by atoms with Gasteiger partial charge in [0.2, 0.25) is 4.80 Å². The topological polar surface area (TPSA) is 80.9 Å². The summed E-state index contributed by atoms with van der Waals surface area (Å²) in [5.74, 6) is 0. The van der Waals surface area contributed by atoms with E-state index in [1.54, 1.807) is 21.6 Å². The van der Waals surface area contributed by atoms with Crippen molar-refractivity contribution in [2.45, 2.75) is 13.5 Å². The summed E-state index contributed by atoms with van der Waals surface area (Å²) < 4.78 is 6.01. The Hall–Kier alpha value is -2.97. The number of aryl methyl sites for hydroxylation is 1. The van der Waals surface area contributed by atoms with Gasteiger partial charge in [0.1, 0.15) is 12.7 Å². The summed E-state index contributed by atoms with van der Waals surface area (Å²) >= 11 is 7.36. The first-order chi connectivity index (χ1) is 13.1. The molecule has 0 aliphatic carbocycles. The van der Waals surface area contributed by atoms with Crippen LogP contribution in [0.4, 0.5) is 5.69 Å². The normalized spacial score (nSPS) is 11.9. The number of nitrogens with zero attached hydrogens (tertiary/aromatic N) is 5. The minimum Gasteiger partial charge on any atom is -0.263 e. The highest BCUT2D eigenvalue weighted by molar-refractivity contribution is 7.02. The van der Waals surface area contributed by atoms with Crippen molar-refractivity contribution >= 4 is 28.8 Å². The quantitative estimate of drug-likeness (QED) is 0.573. The fourth-order valence-electron chi connectivity index (χ4n) is 2.55. The first kappa shape index (κ1) is 17.4. The molecule has 1 N–H and O–H groups in total. The lowest BCUT2D eigenvalue weighted by Crippen LogP contribution is -2.26. The number of rotatable bonds is 4. The highest BCUT2D eigenvalue weighted by Crippen LogP contribution is 2.21. The predicted octanol–water partition coefficient (Wildman–Crippen LogP) is 3.06. The summed E-state index contributed by atoms with van der Waals surface area (Å²) in [7, 11) is 0. The van der Waals surface area contributed by atoms with Gasteiger partial charge < -0.3 is 0 Å². The van der Waals surface area contributed by atoms with Crippen molar-refractivity contribution in [3.05, 3.63) is 86.6 Å². The van der Waals surface area contributed by atoms with E-state index in [0.29, 0.717) is 22.1 Å². The van der Waals surface area contributed by atoms with Gasteiger partial charge in [0.25, 0.3) is 0 Å². The fraction of sp³-hybridized carbons (Fsp3) is 0.111. The van der Waals surface area contributed by atoms with Gasteiger partial charge in [-0.3, -0.25) is 8.94 Å². The number of hydrogen-bond donors (Lipinski definition) is 1. The molecular weight excluding hydrogens is 384 g/mol. The van der Waals surface area contributed by atoms with Crippen LogP contribution in [0.2, 0.25) is 5.02 Å². The van der Waals surface area contributed by atoms with E-state index in [-0.39, 0.29) is 5.69 Å². The van der Waals surface area contributed by atoms with E-state index >= 15 is 0 Å². The van der Waals surface area contributed by atoms with Gasteiger partial charge >= 0.3 is 5.69 Å². The van der Waals surface area contributed by atoms with E-state index in [0.717, 1.165) is 16.8 Å². The lowest BCUT2D eigenvalue weighted by molar-refractivity contribution is 0.727. The van der Waals surface area contributed by atoms with Gasteiger partial charge in [0, 0.05) is 5.02 Å². The molecule has 0 saturated carbocycles. The van der Waals surface area contributed by atoms with Crippen molar-refractivity contribution in [1.29, 1.82) is 0 Å². The van der Waals surface area contributed by atoms with Gasteiger partial charge in [-0.05, 0) is 53.8 Å². The van der Waals surface area contributed by atoms with Crippen LogP contribution in [-0.4, -0.2) is 23.7 Å². The fourth-order valence-corrected chi connectivity index (χ4v) is 3.42. The third-order valence-electron chi connectivity index (χ3n) is 4.05. The Morgan fingerprint density at radius 1 is 1.22 bits per heavy atom. The van der Waals surface area contributed by atoms with E-state index < -0.39 is 0 Å². The van der Waals surface area contributed by atoms with Crippen LogP contribution >= 0.6 is 23.1 Å².